The molecule has 3 aromatic rings. The fourth-order valence-electron chi connectivity index (χ4n) is 2.57. The van der Waals surface area contributed by atoms with Crippen LogP contribution < -0.4 is 5.32 Å². The van der Waals surface area contributed by atoms with Gasteiger partial charge in [0, 0.05) is 12.6 Å². The summed E-state index contributed by atoms with van der Waals surface area (Å²) in [4.78, 5) is 12.4. The Bertz CT molecular complexity index is 1120. The van der Waals surface area contributed by atoms with Crippen molar-refractivity contribution in [2.75, 3.05) is 11.9 Å². The smallest absolute Gasteiger partial charge is 0.243 e. The second-order valence-corrected chi connectivity index (χ2v) is 8.96. The number of rotatable bonds is 7. The van der Waals surface area contributed by atoms with Crippen LogP contribution in [0.3, 0.4) is 0 Å². The third kappa shape index (κ3) is 5.36. The van der Waals surface area contributed by atoms with Crippen LogP contribution in [0.4, 0.5) is 5.82 Å². The van der Waals surface area contributed by atoms with Crippen molar-refractivity contribution in [3.63, 3.8) is 0 Å². The standard InChI is InChI=1S/C19H17Cl2N3O4S/c1-13-9-18(23-28-13)22-19(25)12-24(11-14-5-3-2-4-6-14)29(26,27)15-7-8-16(20)17(21)10-15/h2-10H,11-12H2,1H3,(H,22,23,25). The first-order valence-electron chi connectivity index (χ1n) is 8.48. The first kappa shape index (κ1) is 21.3. The van der Waals surface area contributed by atoms with E-state index in [9.17, 15) is 13.2 Å². The number of sulfonamides is 1. The lowest BCUT2D eigenvalue weighted by atomic mass is 10.2. The number of hydrogen-bond donors (Lipinski definition) is 1. The molecule has 0 fully saturated rings. The number of nitrogens with zero attached hydrogens (tertiary/aromatic N) is 2. The Hall–Kier alpha value is -2.39. The molecule has 0 spiro atoms. The Morgan fingerprint density at radius 1 is 1.10 bits per heavy atom. The number of aryl methyl sites for hydroxylation is 1. The fourth-order valence-corrected chi connectivity index (χ4v) is 4.34. The number of benzene rings is 2. The zero-order chi connectivity index (χ0) is 21.0. The average Bonchev–Trinajstić information content (AvgIpc) is 3.08. The second kappa shape index (κ2) is 8.96. The zero-order valence-electron chi connectivity index (χ0n) is 15.3. The van der Waals surface area contributed by atoms with E-state index < -0.39 is 22.5 Å². The second-order valence-electron chi connectivity index (χ2n) is 6.21. The first-order valence-corrected chi connectivity index (χ1v) is 10.7. The topological polar surface area (TPSA) is 92.5 Å². The largest absolute Gasteiger partial charge is 0.360 e. The molecule has 0 unspecified atom stereocenters. The van der Waals surface area contributed by atoms with Crippen LogP contribution in [0.5, 0.6) is 0 Å². The van der Waals surface area contributed by atoms with Crippen molar-refractivity contribution < 1.29 is 17.7 Å². The Labute approximate surface area is 178 Å². The lowest BCUT2D eigenvalue weighted by molar-refractivity contribution is -0.116. The van der Waals surface area contributed by atoms with Gasteiger partial charge in [0.25, 0.3) is 0 Å². The summed E-state index contributed by atoms with van der Waals surface area (Å²) in [6.45, 7) is 1.25. The minimum absolute atomic E-state index is 0.00528. The van der Waals surface area contributed by atoms with Gasteiger partial charge < -0.3 is 9.84 Å². The monoisotopic (exact) mass is 453 g/mol. The Morgan fingerprint density at radius 2 is 1.83 bits per heavy atom. The van der Waals surface area contributed by atoms with Gasteiger partial charge in [0.05, 0.1) is 21.5 Å². The summed E-state index contributed by atoms with van der Waals surface area (Å²) in [5.74, 6) is 0.168. The van der Waals surface area contributed by atoms with Gasteiger partial charge in [-0.2, -0.15) is 4.31 Å². The Morgan fingerprint density at radius 3 is 2.45 bits per heavy atom. The number of halogens is 2. The minimum Gasteiger partial charge on any atom is -0.360 e. The number of carbonyl (C=O) groups excluding carboxylic acids is 1. The van der Waals surface area contributed by atoms with Gasteiger partial charge >= 0.3 is 0 Å². The van der Waals surface area contributed by atoms with E-state index in [1.165, 1.54) is 24.3 Å². The van der Waals surface area contributed by atoms with E-state index >= 15 is 0 Å². The van der Waals surface area contributed by atoms with Crippen molar-refractivity contribution in [3.8, 4) is 0 Å². The molecule has 3 rings (SSSR count). The summed E-state index contributed by atoms with van der Waals surface area (Å²) < 4.78 is 32.4. The van der Waals surface area contributed by atoms with Gasteiger partial charge in [0.2, 0.25) is 15.9 Å². The number of amides is 1. The highest BCUT2D eigenvalue weighted by atomic mass is 35.5. The molecule has 0 atom stereocenters. The predicted octanol–water partition coefficient (Wildman–Crippen LogP) is 4.12. The highest BCUT2D eigenvalue weighted by Gasteiger charge is 2.28. The molecule has 0 aliphatic carbocycles. The Balaban J connectivity index is 1.89. The third-order valence-electron chi connectivity index (χ3n) is 3.95. The first-order chi connectivity index (χ1) is 13.8. The van der Waals surface area contributed by atoms with E-state index in [0.29, 0.717) is 5.76 Å². The molecule has 1 amide bonds. The number of hydrogen-bond acceptors (Lipinski definition) is 5. The summed E-state index contributed by atoms with van der Waals surface area (Å²) >= 11 is 11.9. The molecule has 0 saturated carbocycles. The lowest BCUT2D eigenvalue weighted by Gasteiger charge is -2.22. The molecule has 0 bridgehead atoms. The van der Waals surface area contributed by atoms with Crippen molar-refractivity contribution in [1.82, 2.24) is 9.46 Å². The summed E-state index contributed by atoms with van der Waals surface area (Å²) in [6.07, 6.45) is 0. The maximum Gasteiger partial charge on any atom is 0.243 e. The molecule has 0 saturated heterocycles. The van der Waals surface area contributed by atoms with Gasteiger partial charge in [-0.15, -0.1) is 0 Å². The maximum absolute atomic E-state index is 13.2. The van der Waals surface area contributed by atoms with E-state index in [4.69, 9.17) is 27.7 Å². The van der Waals surface area contributed by atoms with Crippen LogP contribution in [0.25, 0.3) is 0 Å². The van der Waals surface area contributed by atoms with E-state index in [0.717, 1.165) is 9.87 Å². The lowest BCUT2D eigenvalue weighted by Crippen LogP contribution is -2.37. The molecule has 1 aromatic heterocycles. The average molecular weight is 454 g/mol. The van der Waals surface area contributed by atoms with E-state index in [1.807, 2.05) is 6.07 Å². The molecule has 10 heteroatoms. The van der Waals surface area contributed by atoms with Gasteiger partial charge in [-0.1, -0.05) is 58.7 Å². The molecule has 152 valence electrons. The molecule has 1 N–H and O–H groups in total. The van der Waals surface area contributed by atoms with Crippen LogP contribution in [-0.2, 0) is 21.4 Å². The van der Waals surface area contributed by atoms with Crippen LogP contribution in [-0.4, -0.2) is 30.3 Å². The molecular formula is C19H17Cl2N3O4S. The number of nitrogens with one attached hydrogen (secondary N) is 1. The molecule has 29 heavy (non-hydrogen) atoms. The van der Waals surface area contributed by atoms with Crippen molar-refractivity contribution in [2.45, 2.75) is 18.4 Å². The van der Waals surface area contributed by atoms with Gasteiger partial charge in [0.15, 0.2) is 5.82 Å². The summed E-state index contributed by atoms with van der Waals surface area (Å²) in [7, 11) is -4.04. The van der Waals surface area contributed by atoms with Crippen LogP contribution in [0, 0.1) is 6.92 Å². The van der Waals surface area contributed by atoms with Crippen LogP contribution in [0.2, 0.25) is 10.0 Å². The van der Waals surface area contributed by atoms with Crippen molar-refractivity contribution in [3.05, 3.63) is 76.0 Å². The number of carbonyl (C=O) groups is 1. The minimum atomic E-state index is -4.04. The van der Waals surface area contributed by atoms with Gasteiger partial charge in [0.1, 0.15) is 5.76 Å². The van der Waals surface area contributed by atoms with Crippen LogP contribution >= 0.6 is 23.2 Å². The molecule has 1 heterocycles. The van der Waals surface area contributed by atoms with E-state index in [1.54, 1.807) is 31.2 Å². The van der Waals surface area contributed by atoms with E-state index in [-0.39, 0.29) is 27.3 Å². The molecule has 0 radical (unpaired) electrons. The van der Waals surface area contributed by atoms with Gasteiger partial charge in [-0.3, -0.25) is 4.79 Å². The Kier molecular flexibility index (Phi) is 6.59. The molecule has 0 aliphatic heterocycles. The van der Waals surface area contributed by atoms with Crippen LogP contribution in [0.15, 0.2) is 64.0 Å². The van der Waals surface area contributed by atoms with Gasteiger partial charge in [-0.05, 0) is 30.7 Å². The zero-order valence-corrected chi connectivity index (χ0v) is 17.6. The molecule has 7 nitrogen and oxygen atoms in total. The van der Waals surface area contributed by atoms with E-state index in [2.05, 4.69) is 10.5 Å². The molecule has 2 aromatic carbocycles. The van der Waals surface area contributed by atoms with Crippen LogP contribution in [0.1, 0.15) is 11.3 Å². The summed E-state index contributed by atoms with van der Waals surface area (Å²) in [6, 6.07) is 14.5. The third-order valence-corrected chi connectivity index (χ3v) is 6.47. The highest BCUT2D eigenvalue weighted by Crippen LogP contribution is 2.27. The summed E-state index contributed by atoms with van der Waals surface area (Å²) in [5, 5.41) is 6.55. The summed E-state index contributed by atoms with van der Waals surface area (Å²) in [5.41, 5.74) is 0.723. The molecular weight excluding hydrogens is 437 g/mol. The van der Waals surface area contributed by atoms with Crippen molar-refractivity contribution in [1.29, 1.82) is 0 Å². The quantitative estimate of drug-likeness (QED) is 0.580. The molecule has 0 aliphatic rings. The maximum atomic E-state index is 13.2. The fraction of sp³-hybridized carbons (Fsp3) is 0.158. The normalized spacial score (nSPS) is 11.6. The number of anilines is 1. The van der Waals surface area contributed by atoms with Crippen molar-refractivity contribution >= 4 is 45.0 Å². The predicted molar refractivity (Wildman–Crippen MR) is 110 cm³/mol. The number of aromatic nitrogens is 1. The highest BCUT2D eigenvalue weighted by molar-refractivity contribution is 7.89. The van der Waals surface area contributed by atoms with Gasteiger partial charge in [-0.25, -0.2) is 8.42 Å². The van der Waals surface area contributed by atoms with Crippen molar-refractivity contribution in [2.24, 2.45) is 0 Å². The SMILES string of the molecule is Cc1cc(NC(=O)CN(Cc2ccccc2)S(=O)(=O)c2ccc(Cl)c(Cl)c2)no1.